The summed E-state index contributed by atoms with van der Waals surface area (Å²) in [4.78, 5) is 17.5. The van der Waals surface area contributed by atoms with E-state index in [2.05, 4.69) is 32.7 Å². The Kier molecular flexibility index (Phi) is 7.23. The second-order valence-corrected chi connectivity index (χ2v) is 9.72. The molecule has 8 nitrogen and oxygen atoms in total. The number of aromatic nitrogens is 3. The van der Waals surface area contributed by atoms with Crippen LogP contribution >= 0.6 is 0 Å². The molecule has 0 spiro atoms. The third-order valence-corrected chi connectivity index (χ3v) is 6.57. The number of aliphatic hydroxyl groups is 1. The van der Waals surface area contributed by atoms with Crippen LogP contribution in [0.5, 0.6) is 0 Å². The first kappa shape index (κ1) is 25.2. The van der Waals surface area contributed by atoms with Crippen molar-refractivity contribution in [3.05, 3.63) is 47.8 Å². The van der Waals surface area contributed by atoms with Crippen LogP contribution in [0.25, 0.3) is 16.9 Å². The lowest BCUT2D eigenvalue weighted by Crippen LogP contribution is -2.42. The number of nitrogens with zero attached hydrogens (tertiary/aromatic N) is 4. The predicted octanol–water partition coefficient (Wildman–Crippen LogP) is 3.71. The lowest BCUT2D eigenvalue weighted by Gasteiger charge is -2.28. The van der Waals surface area contributed by atoms with Crippen LogP contribution in [0.15, 0.2) is 36.7 Å². The molecule has 4 rings (SSSR count). The van der Waals surface area contributed by atoms with Gasteiger partial charge in [-0.05, 0) is 63.8 Å². The maximum Gasteiger partial charge on any atom is 0.255 e. The molecule has 186 valence electrons. The first-order valence-corrected chi connectivity index (χ1v) is 11.9. The molecule has 1 fully saturated rings. The average molecular weight is 489 g/mol. The number of anilines is 1. The molecule has 36 heavy (non-hydrogen) atoms. The Hall–Kier alpha value is -3.95. The summed E-state index contributed by atoms with van der Waals surface area (Å²) in [7, 11) is 0. The van der Waals surface area contributed by atoms with Crippen molar-refractivity contribution in [2.24, 2.45) is 5.92 Å². The molecular weight excluding hydrogens is 459 g/mol. The summed E-state index contributed by atoms with van der Waals surface area (Å²) >= 11 is 0. The summed E-state index contributed by atoms with van der Waals surface area (Å²) in [6.07, 6.45) is 10.4. The van der Waals surface area contributed by atoms with Gasteiger partial charge in [-0.15, -0.1) is 12.3 Å². The van der Waals surface area contributed by atoms with Gasteiger partial charge in [-0.2, -0.15) is 10.4 Å². The van der Waals surface area contributed by atoms with Crippen molar-refractivity contribution in [3.63, 3.8) is 0 Å². The number of nitrogens with one attached hydrogen (secondary N) is 2. The molecule has 0 radical (unpaired) electrons. The second kappa shape index (κ2) is 10.3. The zero-order valence-corrected chi connectivity index (χ0v) is 20.3. The van der Waals surface area contributed by atoms with Gasteiger partial charge in [-0.3, -0.25) is 9.78 Å². The van der Waals surface area contributed by atoms with Gasteiger partial charge in [0.15, 0.2) is 0 Å². The first-order chi connectivity index (χ1) is 17.2. The molecule has 1 aliphatic rings. The molecule has 0 bridgehead atoms. The van der Waals surface area contributed by atoms with E-state index in [1.54, 1.807) is 16.6 Å². The number of terminal acetylenes is 1. The number of hydrogen-bond acceptors (Lipinski definition) is 6. The second-order valence-electron chi connectivity index (χ2n) is 9.72. The van der Waals surface area contributed by atoms with E-state index in [1.807, 2.05) is 12.1 Å². The van der Waals surface area contributed by atoms with Gasteiger partial charge in [0, 0.05) is 18.2 Å². The van der Waals surface area contributed by atoms with Crippen molar-refractivity contribution in [2.75, 3.05) is 11.9 Å². The third kappa shape index (κ3) is 5.48. The van der Waals surface area contributed by atoms with Crippen molar-refractivity contribution in [1.82, 2.24) is 19.9 Å². The topological polar surface area (TPSA) is 115 Å². The van der Waals surface area contributed by atoms with E-state index in [9.17, 15) is 14.3 Å². The fraction of sp³-hybridized carbons (Fsp3) is 0.407. The van der Waals surface area contributed by atoms with E-state index in [1.165, 1.54) is 26.2 Å². The molecule has 0 aromatic carbocycles. The monoisotopic (exact) mass is 488 g/mol. The van der Waals surface area contributed by atoms with Crippen LogP contribution in [-0.2, 0) is 0 Å². The zero-order valence-electron chi connectivity index (χ0n) is 20.3. The van der Waals surface area contributed by atoms with Crippen molar-refractivity contribution >= 4 is 17.1 Å². The Labute approximate surface area is 209 Å². The number of hydrogen-bond donors (Lipinski definition) is 3. The molecule has 0 aliphatic heterocycles. The molecule has 1 aliphatic carbocycles. The zero-order chi connectivity index (χ0) is 25.9. The number of halogens is 1. The van der Waals surface area contributed by atoms with Gasteiger partial charge < -0.3 is 15.7 Å². The van der Waals surface area contributed by atoms with Crippen LogP contribution in [-0.4, -0.2) is 50.0 Å². The predicted molar refractivity (Wildman–Crippen MR) is 135 cm³/mol. The van der Waals surface area contributed by atoms with E-state index in [4.69, 9.17) is 11.7 Å². The quantitative estimate of drug-likeness (QED) is 0.437. The third-order valence-electron chi connectivity index (χ3n) is 6.57. The van der Waals surface area contributed by atoms with E-state index in [0.29, 0.717) is 22.6 Å². The van der Waals surface area contributed by atoms with E-state index >= 15 is 0 Å². The van der Waals surface area contributed by atoms with Crippen LogP contribution in [0, 0.1) is 29.6 Å². The van der Waals surface area contributed by atoms with E-state index in [-0.39, 0.29) is 24.1 Å². The summed E-state index contributed by atoms with van der Waals surface area (Å²) in [5.74, 6) is 2.60. The molecule has 0 saturated heterocycles. The largest absolute Gasteiger partial charge is 0.387 e. The van der Waals surface area contributed by atoms with Crippen LogP contribution in [0.2, 0.25) is 0 Å². The first-order valence-electron chi connectivity index (χ1n) is 11.9. The molecular formula is C27H29FN6O2. The highest BCUT2D eigenvalue weighted by atomic mass is 19.1. The van der Waals surface area contributed by atoms with Crippen molar-refractivity contribution in [1.29, 1.82) is 5.26 Å². The molecule has 1 amide bonds. The Morgan fingerprint density at radius 1 is 1.31 bits per heavy atom. The maximum absolute atomic E-state index is 14.2. The Balaban J connectivity index is 1.64. The molecule has 9 heteroatoms. The molecule has 3 aromatic heterocycles. The minimum absolute atomic E-state index is 0.127. The minimum atomic E-state index is -1.62. The number of pyridine rings is 1. The van der Waals surface area contributed by atoms with Gasteiger partial charge in [-0.25, -0.2) is 8.91 Å². The number of carbonyl (C=O) groups is 1. The van der Waals surface area contributed by atoms with Gasteiger partial charge in [0.05, 0.1) is 52.1 Å². The van der Waals surface area contributed by atoms with Crippen LogP contribution in [0.1, 0.15) is 55.5 Å². The van der Waals surface area contributed by atoms with Crippen molar-refractivity contribution < 1.29 is 14.3 Å². The normalized spacial score (nSPS) is 18.7. The van der Waals surface area contributed by atoms with Crippen LogP contribution in [0.3, 0.4) is 0 Å². The van der Waals surface area contributed by atoms with Gasteiger partial charge in [0.1, 0.15) is 12.2 Å². The molecule has 1 atom stereocenters. The fourth-order valence-electron chi connectivity index (χ4n) is 4.30. The summed E-state index contributed by atoms with van der Waals surface area (Å²) in [6, 6.07) is 9.42. The standard InChI is InChI=1S/C27H29FN6O2/c1-4-17-5-7-19(8-6-17)33-22-12-23(24-10-9-20-11-18(13-29)14-32-34(20)24)30-15-21(22)26(35)31-16-25(28)27(2,3)36/h1,9-12,14-15,17,19,25,36H,5-8,16H2,2-3H3,(H,30,33)(H,31,35). The number of carbonyl (C=O) groups excluding carboxylic acids is 1. The minimum Gasteiger partial charge on any atom is -0.387 e. The summed E-state index contributed by atoms with van der Waals surface area (Å²) in [6.45, 7) is 2.38. The Morgan fingerprint density at radius 3 is 2.72 bits per heavy atom. The van der Waals surface area contributed by atoms with Crippen LogP contribution < -0.4 is 10.6 Å². The van der Waals surface area contributed by atoms with Gasteiger partial charge in [0.2, 0.25) is 0 Å². The Morgan fingerprint density at radius 2 is 2.06 bits per heavy atom. The highest BCUT2D eigenvalue weighted by molar-refractivity contribution is 6.00. The molecule has 3 N–H and O–H groups in total. The van der Waals surface area contributed by atoms with Crippen molar-refractivity contribution in [3.8, 4) is 29.8 Å². The summed E-state index contributed by atoms with van der Waals surface area (Å²) in [5, 5.41) is 29.4. The summed E-state index contributed by atoms with van der Waals surface area (Å²) < 4.78 is 15.9. The average Bonchev–Trinajstić information content (AvgIpc) is 3.30. The fourth-order valence-corrected chi connectivity index (χ4v) is 4.30. The number of nitriles is 1. The van der Waals surface area contributed by atoms with Gasteiger partial charge in [0.25, 0.3) is 5.91 Å². The number of alkyl halides is 1. The molecule has 3 aromatic rings. The lowest BCUT2D eigenvalue weighted by molar-refractivity contribution is -0.00177. The molecule has 1 unspecified atom stereocenters. The number of rotatable bonds is 7. The van der Waals surface area contributed by atoms with Gasteiger partial charge >= 0.3 is 0 Å². The smallest absolute Gasteiger partial charge is 0.255 e. The number of amides is 1. The summed E-state index contributed by atoms with van der Waals surface area (Å²) in [5.41, 5.74) is 1.77. The SMILES string of the molecule is C#CC1CCC(Nc2cc(-c3ccc4cc(C#N)cnn34)ncc2C(=O)NCC(F)C(C)(C)O)CC1. The Bertz CT molecular complexity index is 1340. The molecule has 1 saturated carbocycles. The van der Waals surface area contributed by atoms with Crippen molar-refractivity contribution in [2.45, 2.75) is 57.3 Å². The van der Waals surface area contributed by atoms with E-state index < -0.39 is 17.7 Å². The van der Waals surface area contributed by atoms with Crippen LogP contribution in [0.4, 0.5) is 10.1 Å². The van der Waals surface area contributed by atoms with Gasteiger partial charge in [-0.1, -0.05) is 0 Å². The number of fused-ring (bicyclic) bond motifs is 1. The highest BCUT2D eigenvalue weighted by Gasteiger charge is 2.28. The highest BCUT2D eigenvalue weighted by Crippen LogP contribution is 2.30. The molecule has 3 heterocycles. The lowest BCUT2D eigenvalue weighted by atomic mass is 9.86. The maximum atomic E-state index is 14.2. The van der Waals surface area contributed by atoms with E-state index in [0.717, 1.165) is 31.2 Å².